The van der Waals surface area contributed by atoms with Gasteiger partial charge in [-0.05, 0) is 62.5 Å². The third kappa shape index (κ3) is 4.69. The van der Waals surface area contributed by atoms with Crippen LogP contribution in [-0.2, 0) is 14.3 Å². The Morgan fingerprint density at radius 3 is 2.24 bits per heavy atom. The number of rotatable bonds is 6. The van der Waals surface area contributed by atoms with Crippen molar-refractivity contribution in [3.05, 3.63) is 30.3 Å². The summed E-state index contributed by atoms with van der Waals surface area (Å²) in [7, 11) is 0. The van der Waals surface area contributed by atoms with Gasteiger partial charge >= 0.3 is 0 Å². The fraction of sp³-hybridized carbons (Fsp3) is 0.742. The van der Waals surface area contributed by atoms with Gasteiger partial charge in [-0.3, -0.25) is 19.4 Å². The van der Waals surface area contributed by atoms with Crippen LogP contribution < -0.4 is 4.90 Å². The summed E-state index contributed by atoms with van der Waals surface area (Å²) in [6.45, 7) is 11.9. The van der Waals surface area contributed by atoms with E-state index in [1.807, 2.05) is 6.07 Å². The summed E-state index contributed by atoms with van der Waals surface area (Å²) >= 11 is 0. The van der Waals surface area contributed by atoms with E-state index in [1.165, 1.54) is 25.7 Å². The topological polar surface area (TPSA) is 56.3 Å². The molecule has 0 N–H and O–H groups in total. The van der Waals surface area contributed by atoms with Crippen LogP contribution in [-0.4, -0.2) is 97.1 Å². The Morgan fingerprint density at radius 1 is 0.895 bits per heavy atom. The molecule has 4 saturated heterocycles. The Morgan fingerprint density at radius 2 is 1.58 bits per heavy atom. The van der Waals surface area contributed by atoms with E-state index in [0.717, 1.165) is 76.3 Å². The number of piperidine rings is 1. The number of ether oxygens (including phenoxy) is 1. The largest absolute Gasteiger partial charge is 0.379 e. The van der Waals surface area contributed by atoms with Crippen molar-refractivity contribution in [3.8, 4) is 0 Å². The minimum absolute atomic E-state index is 0.0560. The number of carbonyl (C=O) groups is 2. The normalized spacial score (nSPS) is 32.5. The number of morpholine rings is 1. The van der Waals surface area contributed by atoms with Crippen molar-refractivity contribution in [2.75, 3.05) is 63.9 Å². The Bertz CT molecular complexity index is 978. The Kier molecular flexibility index (Phi) is 7.53. The Hall–Kier alpha value is -1.96. The zero-order valence-corrected chi connectivity index (χ0v) is 23.4. The van der Waals surface area contributed by atoms with Crippen LogP contribution in [0.25, 0.3) is 0 Å². The molecule has 38 heavy (non-hydrogen) atoms. The third-order valence-corrected chi connectivity index (χ3v) is 10.7. The van der Waals surface area contributed by atoms with Crippen LogP contribution in [0.1, 0.15) is 52.4 Å². The van der Waals surface area contributed by atoms with Crippen LogP contribution in [0.3, 0.4) is 0 Å². The highest BCUT2D eigenvalue weighted by Crippen LogP contribution is 2.52. The summed E-state index contributed by atoms with van der Waals surface area (Å²) in [5, 5.41) is 0. The fourth-order valence-electron chi connectivity index (χ4n) is 8.37. The quantitative estimate of drug-likeness (QED) is 0.533. The van der Waals surface area contributed by atoms with E-state index in [4.69, 9.17) is 4.74 Å². The number of amides is 2. The van der Waals surface area contributed by atoms with Crippen LogP contribution in [0.5, 0.6) is 0 Å². The number of hydrogen-bond acceptors (Lipinski definition) is 6. The lowest BCUT2D eigenvalue weighted by Gasteiger charge is -2.50. The van der Waals surface area contributed by atoms with E-state index in [2.05, 4.69) is 52.8 Å². The number of carbonyl (C=O) groups excluding carboxylic acids is 2. The van der Waals surface area contributed by atoms with Crippen LogP contribution >= 0.6 is 0 Å². The van der Waals surface area contributed by atoms with E-state index in [1.54, 1.807) is 4.90 Å². The maximum absolute atomic E-state index is 14.0. The monoisotopic (exact) mass is 522 g/mol. The van der Waals surface area contributed by atoms with Crippen molar-refractivity contribution in [2.45, 2.75) is 64.0 Å². The number of benzene rings is 1. The second-order valence-corrected chi connectivity index (χ2v) is 12.8. The van der Waals surface area contributed by atoms with Crippen molar-refractivity contribution < 1.29 is 14.3 Å². The zero-order chi connectivity index (χ0) is 26.3. The maximum Gasteiger partial charge on any atom is 0.235 e. The zero-order valence-electron chi connectivity index (χ0n) is 23.4. The smallest absolute Gasteiger partial charge is 0.235 e. The average molecular weight is 523 g/mol. The molecular formula is C31H46N4O3. The molecular weight excluding hydrogens is 476 g/mol. The predicted octanol–water partition coefficient (Wildman–Crippen LogP) is 3.49. The van der Waals surface area contributed by atoms with E-state index >= 15 is 0 Å². The lowest BCUT2D eigenvalue weighted by molar-refractivity contribution is -0.141. The van der Waals surface area contributed by atoms with Gasteiger partial charge in [0.25, 0.3) is 0 Å². The van der Waals surface area contributed by atoms with Gasteiger partial charge in [-0.2, -0.15) is 0 Å². The number of para-hydroxylation sites is 1. The van der Waals surface area contributed by atoms with Crippen molar-refractivity contribution in [3.63, 3.8) is 0 Å². The first-order valence-corrected chi connectivity index (χ1v) is 15.2. The SMILES string of the molecule is CC(C)C1CCC(N2CCC3(CC2)[C@@H]2C(=O)N(CCN4CCOCC4)C(=O)[C@@H]2CN3c2ccccc2)CC1. The maximum atomic E-state index is 14.0. The summed E-state index contributed by atoms with van der Waals surface area (Å²) in [6, 6.07) is 11.2. The summed E-state index contributed by atoms with van der Waals surface area (Å²) in [4.78, 5) is 36.8. The second-order valence-electron chi connectivity index (χ2n) is 12.8. The first-order valence-electron chi connectivity index (χ1n) is 15.2. The highest BCUT2D eigenvalue weighted by atomic mass is 16.5. The van der Waals surface area contributed by atoms with E-state index in [9.17, 15) is 9.59 Å². The third-order valence-electron chi connectivity index (χ3n) is 10.7. The van der Waals surface area contributed by atoms with Gasteiger partial charge in [-0.25, -0.2) is 0 Å². The molecule has 208 valence electrons. The second kappa shape index (κ2) is 10.9. The fourth-order valence-corrected chi connectivity index (χ4v) is 8.37. The summed E-state index contributed by atoms with van der Waals surface area (Å²) in [5.41, 5.74) is 0.895. The lowest BCUT2D eigenvalue weighted by Crippen LogP contribution is -2.59. The molecule has 5 aliphatic rings. The summed E-state index contributed by atoms with van der Waals surface area (Å²) < 4.78 is 5.47. The van der Waals surface area contributed by atoms with Gasteiger partial charge in [0, 0.05) is 57.5 Å². The Balaban J connectivity index is 1.19. The summed E-state index contributed by atoms with van der Waals surface area (Å²) in [5.74, 6) is 1.35. The van der Waals surface area contributed by atoms with Crippen molar-refractivity contribution in [2.24, 2.45) is 23.7 Å². The highest BCUT2D eigenvalue weighted by Gasteiger charge is 2.65. The van der Waals surface area contributed by atoms with Gasteiger partial charge in [0.05, 0.1) is 30.6 Å². The average Bonchev–Trinajstić information content (AvgIpc) is 3.40. The van der Waals surface area contributed by atoms with E-state index in [-0.39, 0.29) is 29.2 Å². The van der Waals surface area contributed by atoms with E-state index in [0.29, 0.717) is 19.1 Å². The molecule has 0 unspecified atom stereocenters. The van der Waals surface area contributed by atoms with Crippen molar-refractivity contribution >= 4 is 17.5 Å². The van der Waals surface area contributed by atoms with Crippen molar-refractivity contribution in [1.82, 2.24) is 14.7 Å². The molecule has 0 aromatic heterocycles. The molecule has 4 aliphatic heterocycles. The van der Waals surface area contributed by atoms with Crippen LogP contribution in [0.4, 0.5) is 5.69 Å². The number of hydrogen-bond donors (Lipinski definition) is 0. The molecule has 1 aromatic carbocycles. The number of likely N-dealkylation sites (tertiary alicyclic amines) is 2. The molecule has 6 rings (SSSR count). The molecule has 2 atom stereocenters. The molecule has 1 saturated carbocycles. The van der Waals surface area contributed by atoms with Gasteiger partial charge in [0.1, 0.15) is 0 Å². The molecule has 1 aromatic rings. The van der Waals surface area contributed by atoms with Gasteiger partial charge in [0.15, 0.2) is 0 Å². The number of nitrogens with zero attached hydrogens (tertiary/aromatic N) is 4. The van der Waals surface area contributed by atoms with Gasteiger partial charge in [-0.15, -0.1) is 0 Å². The lowest BCUT2D eigenvalue weighted by atomic mass is 9.73. The highest BCUT2D eigenvalue weighted by molar-refractivity contribution is 6.07. The van der Waals surface area contributed by atoms with Crippen LogP contribution in [0.15, 0.2) is 30.3 Å². The first kappa shape index (κ1) is 26.3. The van der Waals surface area contributed by atoms with Gasteiger partial charge in [0.2, 0.25) is 11.8 Å². The minimum Gasteiger partial charge on any atom is -0.379 e. The molecule has 4 heterocycles. The molecule has 7 heteroatoms. The first-order chi connectivity index (χ1) is 18.5. The molecule has 7 nitrogen and oxygen atoms in total. The molecule has 2 amide bonds. The van der Waals surface area contributed by atoms with E-state index < -0.39 is 0 Å². The van der Waals surface area contributed by atoms with Crippen LogP contribution in [0, 0.1) is 23.7 Å². The number of fused-ring (bicyclic) bond motifs is 2. The van der Waals surface area contributed by atoms with Crippen molar-refractivity contribution in [1.29, 1.82) is 0 Å². The van der Waals surface area contributed by atoms with Gasteiger partial charge in [-0.1, -0.05) is 32.0 Å². The van der Waals surface area contributed by atoms with Gasteiger partial charge < -0.3 is 14.5 Å². The number of imide groups is 1. The number of anilines is 1. The molecule has 5 fully saturated rings. The molecule has 1 aliphatic carbocycles. The predicted molar refractivity (Wildman–Crippen MR) is 149 cm³/mol. The summed E-state index contributed by atoms with van der Waals surface area (Å²) in [6.07, 6.45) is 7.22. The minimum atomic E-state index is -0.266. The standard InChI is InChI=1S/C31H46N4O3/c1-23(2)24-8-10-25(11-9-24)33-14-12-31(13-15-33)28-27(22-35(31)26-6-4-3-5-7-26)29(36)34(30(28)37)17-16-32-18-20-38-21-19-32/h3-7,23-25,27-28H,8-22H2,1-2H3/t24?,25?,27-,28+/m1/s1. The van der Waals surface area contributed by atoms with Crippen LogP contribution in [0.2, 0.25) is 0 Å². The molecule has 0 bridgehead atoms. The molecule has 1 spiro atoms. The Labute approximate surface area is 228 Å². The molecule has 0 radical (unpaired) electrons.